The lowest BCUT2D eigenvalue weighted by molar-refractivity contribution is 0.0317. The van der Waals surface area contributed by atoms with Gasteiger partial charge in [0.05, 0.1) is 12.7 Å². The van der Waals surface area contributed by atoms with Crippen molar-refractivity contribution < 1.29 is 9.84 Å². The fourth-order valence-corrected chi connectivity index (χ4v) is 2.36. The van der Waals surface area contributed by atoms with E-state index < -0.39 is 0 Å². The third-order valence-electron chi connectivity index (χ3n) is 4.00. The number of aliphatic hydroxyl groups excluding tert-OH is 1. The van der Waals surface area contributed by atoms with Crippen molar-refractivity contribution in [3.63, 3.8) is 0 Å². The quantitative estimate of drug-likeness (QED) is 0.579. The normalized spacial score (nSPS) is 19.9. The van der Waals surface area contributed by atoms with Crippen LogP contribution in [0.25, 0.3) is 0 Å². The van der Waals surface area contributed by atoms with E-state index in [4.69, 9.17) is 4.74 Å². The third-order valence-corrected chi connectivity index (χ3v) is 4.00. The summed E-state index contributed by atoms with van der Waals surface area (Å²) in [7, 11) is 0. The second-order valence-electron chi connectivity index (χ2n) is 5.42. The Morgan fingerprint density at radius 1 is 1.35 bits per heavy atom. The first kappa shape index (κ1) is 14.9. The molecule has 17 heavy (non-hydrogen) atoms. The van der Waals surface area contributed by atoms with Crippen LogP contribution < -0.4 is 5.32 Å². The van der Waals surface area contributed by atoms with Gasteiger partial charge in [0.2, 0.25) is 0 Å². The Balaban J connectivity index is 1.98. The summed E-state index contributed by atoms with van der Waals surface area (Å²) in [6, 6.07) is 0. The van der Waals surface area contributed by atoms with Gasteiger partial charge in [0.15, 0.2) is 0 Å². The number of hydrogen-bond donors (Lipinski definition) is 2. The van der Waals surface area contributed by atoms with E-state index in [0.29, 0.717) is 18.6 Å². The summed E-state index contributed by atoms with van der Waals surface area (Å²) in [5, 5.41) is 13.1. The highest BCUT2D eigenvalue weighted by Gasteiger charge is 2.34. The summed E-state index contributed by atoms with van der Waals surface area (Å²) >= 11 is 0. The van der Waals surface area contributed by atoms with Gasteiger partial charge in [-0.1, -0.05) is 26.7 Å². The van der Waals surface area contributed by atoms with Crippen LogP contribution in [0.15, 0.2) is 0 Å². The van der Waals surface area contributed by atoms with Gasteiger partial charge in [0, 0.05) is 19.7 Å². The van der Waals surface area contributed by atoms with Crippen molar-refractivity contribution in [3.8, 4) is 0 Å². The van der Waals surface area contributed by atoms with E-state index >= 15 is 0 Å². The second-order valence-corrected chi connectivity index (χ2v) is 5.42. The van der Waals surface area contributed by atoms with Crippen LogP contribution in [0.1, 0.15) is 52.4 Å². The van der Waals surface area contributed by atoms with Crippen molar-refractivity contribution in [2.24, 2.45) is 5.41 Å². The smallest absolute Gasteiger partial charge is 0.0897 e. The molecule has 0 amide bonds. The van der Waals surface area contributed by atoms with Crippen LogP contribution in [0.2, 0.25) is 0 Å². The van der Waals surface area contributed by atoms with Gasteiger partial charge < -0.3 is 15.2 Å². The summed E-state index contributed by atoms with van der Waals surface area (Å²) in [5.74, 6) is 0. The molecule has 0 saturated heterocycles. The van der Waals surface area contributed by atoms with E-state index in [1.165, 1.54) is 25.7 Å². The van der Waals surface area contributed by atoms with E-state index in [9.17, 15) is 5.11 Å². The van der Waals surface area contributed by atoms with Gasteiger partial charge >= 0.3 is 0 Å². The van der Waals surface area contributed by atoms with Crippen molar-refractivity contribution in [2.75, 3.05) is 26.3 Å². The molecular weight excluding hydrogens is 214 g/mol. The van der Waals surface area contributed by atoms with Crippen LogP contribution in [0.3, 0.4) is 0 Å². The Labute approximate surface area is 106 Å². The van der Waals surface area contributed by atoms with Crippen molar-refractivity contribution in [2.45, 2.75) is 58.5 Å². The van der Waals surface area contributed by atoms with Crippen molar-refractivity contribution in [1.29, 1.82) is 0 Å². The Bertz CT molecular complexity index is 187. The SMILES string of the molecule is CCCCOCC(O)CNCC1(CC)CCC1. The molecule has 3 heteroatoms. The molecule has 1 aliphatic rings. The number of rotatable bonds is 10. The van der Waals surface area contributed by atoms with E-state index in [1.807, 2.05) is 0 Å². The molecule has 1 saturated carbocycles. The maximum Gasteiger partial charge on any atom is 0.0897 e. The lowest BCUT2D eigenvalue weighted by Crippen LogP contribution is -2.42. The molecule has 102 valence electrons. The molecule has 0 aromatic rings. The summed E-state index contributed by atoms with van der Waals surface area (Å²) in [4.78, 5) is 0. The summed E-state index contributed by atoms with van der Waals surface area (Å²) in [5.41, 5.74) is 0.531. The predicted molar refractivity (Wildman–Crippen MR) is 71.2 cm³/mol. The molecule has 0 aromatic carbocycles. The van der Waals surface area contributed by atoms with Crippen LogP contribution in [-0.4, -0.2) is 37.5 Å². The van der Waals surface area contributed by atoms with E-state index in [-0.39, 0.29) is 6.10 Å². The minimum atomic E-state index is -0.360. The average Bonchev–Trinajstić information content (AvgIpc) is 2.28. The van der Waals surface area contributed by atoms with Crippen LogP contribution in [-0.2, 0) is 4.74 Å². The molecule has 1 aliphatic carbocycles. The topological polar surface area (TPSA) is 41.5 Å². The van der Waals surface area contributed by atoms with E-state index in [0.717, 1.165) is 26.0 Å². The van der Waals surface area contributed by atoms with Crippen molar-refractivity contribution >= 4 is 0 Å². The third kappa shape index (κ3) is 5.36. The standard InChI is InChI=1S/C14H29NO2/c1-3-5-9-17-11-13(16)10-15-12-14(4-2)7-6-8-14/h13,15-16H,3-12H2,1-2H3. The lowest BCUT2D eigenvalue weighted by Gasteiger charge is -2.41. The van der Waals surface area contributed by atoms with E-state index in [2.05, 4.69) is 19.2 Å². The summed E-state index contributed by atoms with van der Waals surface area (Å²) in [6.45, 7) is 7.36. The molecule has 0 heterocycles. The van der Waals surface area contributed by atoms with Gasteiger partial charge in [-0.25, -0.2) is 0 Å². The highest BCUT2D eigenvalue weighted by Crippen LogP contribution is 2.42. The lowest BCUT2D eigenvalue weighted by atomic mass is 9.67. The molecule has 0 bridgehead atoms. The monoisotopic (exact) mass is 243 g/mol. The molecule has 1 atom stereocenters. The Morgan fingerprint density at radius 2 is 2.12 bits per heavy atom. The maximum absolute atomic E-state index is 9.72. The van der Waals surface area contributed by atoms with Gasteiger partial charge in [-0.2, -0.15) is 0 Å². The fourth-order valence-electron chi connectivity index (χ4n) is 2.36. The number of hydrogen-bond acceptors (Lipinski definition) is 3. The second kappa shape index (κ2) is 8.06. The largest absolute Gasteiger partial charge is 0.389 e. The molecule has 0 aromatic heterocycles. The van der Waals surface area contributed by atoms with Gasteiger partial charge in [-0.15, -0.1) is 0 Å². The van der Waals surface area contributed by atoms with Crippen molar-refractivity contribution in [1.82, 2.24) is 5.32 Å². The number of unbranched alkanes of at least 4 members (excludes halogenated alkanes) is 1. The molecule has 0 radical (unpaired) electrons. The average molecular weight is 243 g/mol. The zero-order valence-electron chi connectivity index (χ0n) is 11.5. The molecule has 0 aliphatic heterocycles. The fraction of sp³-hybridized carbons (Fsp3) is 1.00. The first-order valence-corrected chi connectivity index (χ1v) is 7.19. The minimum Gasteiger partial charge on any atom is -0.389 e. The predicted octanol–water partition coefficient (Wildman–Crippen LogP) is 2.33. The van der Waals surface area contributed by atoms with Gasteiger partial charge in [-0.05, 0) is 31.1 Å². The summed E-state index contributed by atoms with van der Waals surface area (Å²) in [6.07, 6.45) is 7.19. The highest BCUT2D eigenvalue weighted by atomic mass is 16.5. The van der Waals surface area contributed by atoms with Crippen LogP contribution in [0.4, 0.5) is 0 Å². The zero-order chi connectivity index (χ0) is 12.6. The molecule has 3 nitrogen and oxygen atoms in total. The Hall–Kier alpha value is -0.120. The molecule has 0 spiro atoms. The van der Waals surface area contributed by atoms with Crippen molar-refractivity contribution in [3.05, 3.63) is 0 Å². The van der Waals surface area contributed by atoms with Crippen LogP contribution in [0, 0.1) is 5.41 Å². The first-order chi connectivity index (χ1) is 8.22. The summed E-state index contributed by atoms with van der Waals surface area (Å²) < 4.78 is 5.40. The highest BCUT2D eigenvalue weighted by molar-refractivity contribution is 4.88. The molecule has 1 unspecified atom stereocenters. The number of nitrogens with one attached hydrogen (secondary N) is 1. The number of ether oxygens (including phenoxy) is 1. The molecule has 1 rings (SSSR count). The zero-order valence-corrected chi connectivity index (χ0v) is 11.5. The maximum atomic E-state index is 9.72. The Morgan fingerprint density at radius 3 is 2.65 bits per heavy atom. The van der Waals surface area contributed by atoms with Gasteiger partial charge in [0.25, 0.3) is 0 Å². The van der Waals surface area contributed by atoms with Crippen LogP contribution >= 0.6 is 0 Å². The van der Waals surface area contributed by atoms with Gasteiger partial charge in [-0.3, -0.25) is 0 Å². The van der Waals surface area contributed by atoms with Crippen LogP contribution in [0.5, 0.6) is 0 Å². The Kier molecular flexibility index (Phi) is 7.09. The molecule has 2 N–H and O–H groups in total. The van der Waals surface area contributed by atoms with E-state index in [1.54, 1.807) is 0 Å². The minimum absolute atomic E-state index is 0.360. The van der Waals surface area contributed by atoms with Gasteiger partial charge in [0.1, 0.15) is 0 Å². The number of aliphatic hydroxyl groups is 1. The first-order valence-electron chi connectivity index (χ1n) is 7.19. The molecule has 1 fully saturated rings. The molecular formula is C14H29NO2.